The van der Waals surface area contributed by atoms with Gasteiger partial charge < -0.3 is 20.4 Å². The first-order valence-electron chi connectivity index (χ1n) is 13.2. The number of nitrogens with one attached hydrogen (secondary N) is 2. The second-order valence-corrected chi connectivity index (χ2v) is 10.1. The summed E-state index contributed by atoms with van der Waals surface area (Å²) in [7, 11) is 3.85. The van der Waals surface area contributed by atoms with Crippen LogP contribution in [0.5, 0.6) is 0 Å². The van der Waals surface area contributed by atoms with Gasteiger partial charge in [-0.2, -0.15) is 0 Å². The van der Waals surface area contributed by atoms with E-state index in [1.54, 1.807) is 7.05 Å². The van der Waals surface area contributed by atoms with E-state index < -0.39 is 6.04 Å². The highest BCUT2D eigenvalue weighted by Gasteiger charge is 2.39. The molecule has 2 amide bonds. The number of benzene rings is 2. The smallest absolute Gasteiger partial charge is 0.245 e. The van der Waals surface area contributed by atoms with Gasteiger partial charge in [0, 0.05) is 25.0 Å². The second-order valence-electron chi connectivity index (χ2n) is 10.1. The van der Waals surface area contributed by atoms with E-state index in [4.69, 9.17) is 0 Å². The van der Waals surface area contributed by atoms with Crippen molar-refractivity contribution in [1.29, 1.82) is 0 Å². The van der Waals surface area contributed by atoms with Crippen molar-refractivity contribution in [1.82, 2.24) is 15.5 Å². The van der Waals surface area contributed by atoms with Crippen LogP contribution in [-0.4, -0.2) is 49.4 Å². The summed E-state index contributed by atoms with van der Waals surface area (Å²) in [5.41, 5.74) is 3.39. The van der Waals surface area contributed by atoms with Crippen molar-refractivity contribution in [2.45, 2.75) is 70.0 Å². The third-order valence-corrected chi connectivity index (χ3v) is 7.83. The molecule has 1 saturated carbocycles. The van der Waals surface area contributed by atoms with Crippen molar-refractivity contribution < 1.29 is 9.59 Å². The molecule has 2 aromatic carbocycles. The van der Waals surface area contributed by atoms with Crippen LogP contribution < -0.4 is 15.5 Å². The summed E-state index contributed by atoms with van der Waals surface area (Å²) in [4.78, 5) is 31.0. The largest absolute Gasteiger partial charge is 0.345 e. The molecule has 2 aliphatic rings. The number of carbonyl (C=O) groups is 2. The van der Waals surface area contributed by atoms with E-state index in [0.29, 0.717) is 0 Å². The monoisotopic (exact) mass is 476 g/mol. The van der Waals surface area contributed by atoms with Gasteiger partial charge in [0.15, 0.2) is 0 Å². The lowest BCUT2D eigenvalue weighted by Crippen LogP contribution is -2.55. The molecule has 2 N–H and O–H groups in total. The third-order valence-electron chi connectivity index (χ3n) is 7.83. The van der Waals surface area contributed by atoms with Gasteiger partial charge in [-0.3, -0.25) is 9.59 Å². The summed E-state index contributed by atoms with van der Waals surface area (Å²) in [6, 6.07) is 18.1. The zero-order valence-corrected chi connectivity index (χ0v) is 21.4. The highest BCUT2D eigenvalue weighted by atomic mass is 16.2. The standard InChI is InChI=1S/C29H40N4O2/c1-21(30-2)28(34)31-27(22-12-6-4-7-13-22)29(35)33-19-11-18-26(33)23-14-10-17-25(20-23)32(3)24-15-8-5-9-16-24/h5,8-10,14-17,20-22,26-27,30H,4,6-7,11-13,18-19H2,1-3H3,(H,31,34)/t21?,26-,27?/m0/s1. The molecule has 2 unspecified atom stereocenters. The maximum Gasteiger partial charge on any atom is 0.245 e. The van der Waals surface area contributed by atoms with Crippen LogP contribution in [0.3, 0.4) is 0 Å². The van der Waals surface area contributed by atoms with E-state index >= 15 is 0 Å². The van der Waals surface area contributed by atoms with Gasteiger partial charge in [0.2, 0.25) is 11.8 Å². The molecule has 35 heavy (non-hydrogen) atoms. The fourth-order valence-corrected chi connectivity index (χ4v) is 5.56. The predicted molar refractivity (Wildman–Crippen MR) is 142 cm³/mol. The number of anilines is 2. The molecule has 6 heteroatoms. The Morgan fingerprint density at radius 1 is 0.943 bits per heavy atom. The first-order chi connectivity index (χ1) is 17.0. The van der Waals surface area contributed by atoms with Gasteiger partial charge in [0.25, 0.3) is 0 Å². The molecular weight excluding hydrogens is 436 g/mol. The molecule has 1 aliphatic carbocycles. The Bertz CT molecular complexity index is 989. The quantitative estimate of drug-likeness (QED) is 0.575. The fourth-order valence-electron chi connectivity index (χ4n) is 5.56. The van der Waals surface area contributed by atoms with Gasteiger partial charge in [-0.25, -0.2) is 0 Å². The average molecular weight is 477 g/mol. The van der Waals surface area contributed by atoms with E-state index in [0.717, 1.165) is 62.0 Å². The molecule has 0 bridgehead atoms. The Labute approximate surface area is 210 Å². The predicted octanol–water partition coefficient (Wildman–Crippen LogP) is 4.79. The van der Waals surface area contributed by atoms with Crippen LogP contribution in [0.4, 0.5) is 11.4 Å². The summed E-state index contributed by atoms with van der Waals surface area (Å²) < 4.78 is 0. The number of carbonyl (C=O) groups excluding carboxylic acids is 2. The van der Waals surface area contributed by atoms with Crippen molar-refractivity contribution >= 4 is 23.2 Å². The van der Waals surface area contributed by atoms with Gasteiger partial charge in [-0.1, -0.05) is 49.6 Å². The molecule has 4 rings (SSSR count). The molecule has 0 aromatic heterocycles. The van der Waals surface area contributed by atoms with Gasteiger partial charge in [0.05, 0.1) is 12.1 Å². The van der Waals surface area contributed by atoms with E-state index in [1.165, 1.54) is 6.42 Å². The number of hydrogen-bond acceptors (Lipinski definition) is 4. The minimum Gasteiger partial charge on any atom is -0.345 e. The van der Waals surface area contributed by atoms with Crippen molar-refractivity contribution in [3.05, 3.63) is 60.2 Å². The molecule has 2 aromatic rings. The molecule has 3 atom stereocenters. The van der Waals surface area contributed by atoms with Crippen LogP contribution >= 0.6 is 0 Å². The number of likely N-dealkylation sites (tertiary alicyclic amines) is 1. The lowest BCUT2D eigenvalue weighted by molar-refractivity contribution is -0.139. The van der Waals surface area contributed by atoms with Crippen molar-refractivity contribution in [2.75, 3.05) is 25.5 Å². The molecule has 188 valence electrons. The lowest BCUT2D eigenvalue weighted by atomic mass is 9.83. The molecule has 1 aliphatic heterocycles. The molecular formula is C29H40N4O2. The molecule has 0 spiro atoms. The van der Waals surface area contributed by atoms with Crippen LogP contribution in [0, 0.1) is 5.92 Å². The molecule has 1 heterocycles. The number of para-hydroxylation sites is 1. The minimum absolute atomic E-state index is 0.0383. The number of amides is 2. The number of hydrogen-bond donors (Lipinski definition) is 2. The summed E-state index contributed by atoms with van der Waals surface area (Å²) in [5.74, 6) is 0.192. The van der Waals surface area contributed by atoms with E-state index in [2.05, 4.69) is 59.0 Å². The van der Waals surface area contributed by atoms with Gasteiger partial charge >= 0.3 is 0 Å². The normalized spacial score (nSPS) is 20.3. The Morgan fingerprint density at radius 3 is 2.37 bits per heavy atom. The molecule has 1 saturated heterocycles. The van der Waals surface area contributed by atoms with E-state index in [9.17, 15) is 9.59 Å². The summed E-state index contributed by atoms with van der Waals surface area (Å²) in [5, 5.41) is 6.14. The molecule has 2 fully saturated rings. The first-order valence-corrected chi connectivity index (χ1v) is 13.2. The van der Waals surface area contributed by atoms with Gasteiger partial charge in [-0.05, 0) is 75.4 Å². The van der Waals surface area contributed by atoms with Gasteiger partial charge in [0.1, 0.15) is 6.04 Å². The molecule has 0 radical (unpaired) electrons. The minimum atomic E-state index is -0.450. The highest BCUT2D eigenvalue weighted by molar-refractivity contribution is 5.90. The molecule has 6 nitrogen and oxygen atoms in total. The van der Waals surface area contributed by atoms with Crippen LogP contribution in [0.2, 0.25) is 0 Å². The van der Waals surface area contributed by atoms with Crippen molar-refractivity contribution in [3.8, 4) is 0 Å². The van der Waals surface area contributed by atoms with Crippen LogP contribution in [0.1, 0.15) is 63.5 Å². The average Bonchev–Trinajstić information content (AvgIpc) is 3.41. The summed E-state index contributed by atoms with van der Waals surface area (Å²) in [6.07, 6.45) is 7.40. The Kier molecular flexibility index (Phi) is 8.45. The van der Waals surface area contributed by atoms with E-state index in [1.807, 2.05) is 30.0 Å². The zero-order chi connectivity index (χ0) is 24.8. The zero-order valence-electron chi connectivity index (χ0n) is 21.4. The summed E-state index contributed by atoms with van der Waals surface area (Å²) >= 11 is 0. The third kappa shape index (κ3) is 5.87. The second kappa shape index (κ2) is 11.7. The van der Waals surface area contributed by atoms with E-state index in [-0.39, 0.29) is 29.8 Å². The maximum absolute atomic E-state index is 14.0. The van der Waals surface area contributed by atoms with Gasteiger partial charge in [-0.15, -0.1) is 0 Å². The number of likely N-dealkylation sites (N-methyl/N-ethyl adjacent to an activating group) is 1. The van der Waals surface area contributed by atoms with Crippen molar-refractivity contribution in [3.63, 3.8) is 0 Å². The topological polar surface area (TPSA) is 64.7 Å². The summed E-state index contributed by atoms with van der Waals surface area (Å²) in [6.45, 7) is 2.58. The fraction of sp³-hybridized carbons (Fsp3) is 0.517. The van der Waals surface area contributed by atoms with Crippen LogP contribution in [-0.2, 0) is 9.59 Å². The van der Waals surface area contributed by atoms with Crippen molar-refractivity contribution in [2.24, 2.45) is 5.92 Å². The number of nitrogens with zero attached hydrogens (tertiary/aromatic N) is 2. The van der Waals surface area contributed by atoms with Crippen LogP contribution in [0.15, 0.2) is 54.6 Å². The maximum atomic E-state index is 14.0. The Balaban J connectivity index is 1.56. The highest BCUT2D eigenvalue weighted by Crippen LogP contribution is 2.37. The Hall–Kier alpha value is -2.86. The Morgan fingerprint density at radius 2 is 1.66 bits per heavy atom. The lowest BCUT2D eigenvalue weighted by Gasteiger charge is -2.35. The van der Waals surface area contributed by atoms with Crippen LogP contribution in [0.25, 0.3) is 0 Å². The number of rotatable bonds is 8. The SMILES string of the molecule is CNC(C)C(=O)NC(C(=O)N1CCC[C@H]1c1cccc(N(C)c2ccccc2)c1)C1CCCCC1. The first kappa shape index (κ1) is 25.2.